The highest BCUT2D eigenvalue weighted by atomic mass is 16.4. The van der Waals surface area contributed by atoms with E-state index in [1.165, 1.54) is 0 Å². The van der Waals surface area contributed by atoms with E-state index in [1.807, 2.05) is 113 Å². The number of aliphatic carboxylic acids is 1. The maximum atomic E-state index is 13.0. The maximum absolute atomic E-state index is 13.0. The minimum absolute atomic E-state index is 0.0482. The van der Waals surface area contributed by atoms with Crippen LogP contribution in [0.25, 0.3) is 0 Å². The smallest absolute Gasteiger partial charge is 0.303 e. The van der Waals surface area contributed by atoms with Crippen LogP contribution in [0.2, 0.25) is 0 Å². The topological polar surface area (TPSA) is 260 Å². The molecule has 77 heavy (non-hydrogen) atoms. The van der Waals surface area contributed by atoms with Crippen LogP contribution in [0, 0.1) is 27.7 Å². The molecule has 392 valence electrons. The zero-order valence-corrected chi connectivity index (χ0v) is 43.6. The number of amides is 5. The Balaban J connectivity index is 0.000000230. The summed E-state index contributed by atoms with van der Waals surface area (Å²) in [6, 6.07) is 40.2. The van der Waals surface area contributed by atoms with Crippen LogP contribution in [0.15, 0.2) is 158 Å². The number of nitrogens with zero attached hydrogens (tertiary/aromatic N) is 4. The molecule has 0 aliphatic rings. The normalized spacial score (nSPS) is 10.3. The zero-order valence-electron chi connectivity index (χ0n) is 43.6. The molecule has 8 aromatic rings. The van der Waals surface area contributed by atoms with Gasteiger partial charge in [0.15, 0.2) is 0 Å². The predicted molar refractivity (Wildman–Crippen MR) is 300 cm³/mol. The van der Waals surface area contributed by atoms with E-state index in [1.54, 1.807) is 87.2 Å². The van der Waals surface area contributed by atoms with E-state index in [9.17, 15) is 28.8 Å². The van der Waals surface area contributed by atoms with Crippen LogP contribution in [0.1, 0.15) is 113 Å². The highest BCUT2D eigenvalue weighted by Crippen LogP contribution is 2.22. The molecule has 0 saturated heterocycles. The third-order valence-electron chi connectivity index (χ3n) is 11.5. The van der Waals surface area contributed by atoms with Crippen LogP contribution >= 0.6 is 0 Å². The van der Waals surface area contributed by atoms with Gasteiger partial charge in [0, 0.05) is 70.7 Å². The van der Waals surface area contributed by atoms with Crippen molar-refractivity contribution < 1.29 is 33.9 Å². The number of hydrogen-bond acceptors (Lipinski definition) is 11. The summed E-state index contributed by atoms with van der Waals surface area (Å²) in [6.07, 6.45) is 7.92. The lowest BCUT2D eigenvalue weighted by Crippen LogP contribution is -2.16. The van der Waals surface area contributed by atoms with Gasteiger partial charge < -0.3 is 37.4 Å². The molecule has 2 heterocycles. The summed E-state index contributed by atoms with van der Waals surface area (Å²) >= 11 is 0. The molecule has 0 saturated carbocycles. The van der Waals surface area contributed by atoms with Crippen molar-refractivity contribution in [3.05, 3.63) is 226 Å². The Morgan fingerprint density at radius 3 is 1.26 bits per heavy atom. The molecule has 2 aromatic heterocycles. The first kappa shape index (κ1) is 56.4. The zero-order chi connectivity index (χ0) is 55.4. The molecule has 0 fully saturated rings. The van der Waals surface area contributed by atoms with Gasteiger partial charge in [0.25, 0.3) is 23.6 Å². The fourth-order valence-corrected chi connectivity index (χ4v) is 7.36. The van der Waals surface area contributed by atoms with Gasteiger partial charge in [-0.25, -0.2) is 19.9 Å². The Morgan fingerprint density at radius 1 is 0.442 bits per heavy atom. The van der Waals surface area contributed by atoms with E-state index >= 15 is 0 Å². The number of rotatable bonds is 15. The van der Waals surface area contributed by atoms with Crippen LogP contribution in [-0.2, 0) is 22.4 Å². The summed E-state index contributed by atoms with van der Waals surface area (Å²) < 4.78 is 0. The molecular formula is C60H60N10O7. The van der Waals surface area contributed by atoms with Crippen LogP contribution in [0.5, 0.6) is 0 Å². The lowest BCUT2D eigenvalue weighted by molar-refractivity contribution is -0.136. The second kappa shape index (κ2) is 27.4. The lowest BCUT2D eigenvalue weighted by atomic mass is 10.1. The van der Waals surface area contributed by atoms with Gasteiger partial charge in [-0.2, -0.15) is 0 Å². The van der Waals surface area contributed by atoms with E-state index in [2.05, 4.69) is 46.5 Å². The minimum atomic E-state index is -0.745. The summed E-state index contributed by atoms with van der Waals surface area (Å²) in [7, 11) is 0. The highest BCUT2D eigenvalue weighted by Gasteiger charge is 2.16. The Labute approximate surface area is 446 Å². The van der Waals surface area contributed by atoms with Gasteiger partial charge >= 0.3 is 5.97 Å². The van der Waals surface area contributed by atoms with Crippen LogP contribution in [0.3, 0.4) is 0 Å². The average Bonchev–Trinajstić information content (AvgIpc) is 3.41. The molecule has 8 rings (SSSR count). The van der Waals surface area contributed by atoms with Crippen molar-refractivity contribution in [1.29, 1.82) is 0 Å². The Morgan fingerprint density at radius 2 is 0.844 bits per heavy atom. The van der Waals surface area contributed by atoms with Gasteiger partial charge in [-0.1, -0.05) is 85.6 Å². The van der Waals surface area contributed by atoms with Crippen molar-refractivity contribution >= 4 is 69.6 Å². The Kier molecular flexibility index (Phi) is 20.1. The Bertz CT molecular complexity index is 3400. The third-order valence-corrected chi connectivity index (χ3v) is 11.5. The van der Waals surface area contributed by atoms with E-state index in [0.29, 0.717) is 81.6 Å². The molecular weight excluding hydrogens is 973 g/mol. The predicted octanol–water partition coefficient (Wildman–Crippen LogP) is 10.8. The third kappa shape index (κ3) is 17.6. The van der Waals surface area contributed by atoms with Gasteiger partial charge in [0.1, 0.15) is 11.6 Å². The Hall–Kier alpha value is -9.90. The molecule has 0 atom stereocenters. The number of carbonyl (C=O) groups is 6. The first-order valence-electron chi connectivity index (χ1n) is 24.6. The lowest BCUT2D eigenvalue weighted by Gasteiger charge is -2.11. The number of benzene rings is 6. The molecule has 0 radical (unpaired) electrons. The number of nitrogens with one attached hydrogen (secondary N) is 5. The fourth-order valence-electron chi connectivity index (χ4n) is 7.36. The SMILES string of the molecule is CCC(=O)Nc1cccc(Cc2ncc(NC(=O)c3cc(NC(=O)c4cccc(C)c4)ccc3C)cn2)c1.CCC(=O)O.Cc1cccc(C(=O)Nc2ccc(C)c(C(=O)Nc3cnc(Cc4cccc(N)c4)nc3)c2)c1. The second-order valence-electron chi connectivity index (χ2n) is 17.8. The molecule has 8 N–H and O–H groups in total. The van der Waals surface area contributed by atoms with E-state index in [0.717, 1.165) is 39.1 Å². The molecule has 17 nitrogen and oxygen atoms in total. The standard InChI is InChI=1S/C30H29N5O3.C27H25N5O2.C3H6O2/c1-4-28(36)33-23-10-6-8-21(14-23)15-27-31-17-25(18-32-27)35-30(38)26-16-24(12-11-20(26)3)34-29(37)22-9-5-7-19(2)13-22;1-17-5-3-7-20(11-17)26(33)31-22-10-9-18(2)24(14-22)27(34)32-23-15-29-25(30-16-23)13-19-6-4-8-21(28)12-19;1-2-3(4)5/h5-14,16-18H,4,15H2,1-3H3,(H,33,36)(H,34,37)(H,35,38);3-12,14-16H,13,28H2,1-2H3,(H,31,33)(H,32,34);2H2,1H3,(H,4,5). The van der Waals surface area contributed by atoms with Crippen LogP contribution < -0.4 is 32.3 Å². The van der Waals surface area contributed by atoms with Gasteiger partial charge in [-0.05, 0) is 123 Å². The van der Waals surface area contributed by atoms with Gasteiger partial charge in [-0.15, -0.1) is 0 Å². The summed E-state index contributed by atoms with van der Waals surface area (Å²) in [5, 5.41) is 21.9. The van der Waals surface area contributed by atoms with Crippen molar-refractivity contribution in [2.24, 2.45) is 0 Å². The molecule has 0 aliphatic heterocycles. The number of nitrogens with two attached hydrogens (primary N) is 1. The van der Waals surface area contributed by atoms with Crippen LogP contribution in [-0.4, -0.2) is 60.5 Å². The molecule has 6 aromatic carbocycles. The quantitative estimate of drug-likeness (QED) is 0.0473. The average molecular weight is 1030 g/mol. The van der Waals surface area contributed by atoms with E-state index < -0.39 is 5.97 Å². The fraction of sp³-hybridized carbons (Fsp3) is 0.167. The van der Waals surface area contributed by atoms with Crippen molar-refractivity contribution in [2.75, 3.05) is 32.3 Å². The van der Waals surface area contributed by atoms with Crippen LogP contribution in [0.4, 0.5) is 34.1 Å². The number of carboxylic acid groups (broad SMARTS) is 1. The summed E-state index contributed by atoms with van der Waals surface area (Å²) in [5.74, 6) is -0.701. The molecule has 0 spiro atoms. The largest absolute Gasteiger partial charge is 0.481 e. The first-order valence-corrected chi connectivity index (χ1v) is 24.6. The number of aryl methyl sites for hydroxylation is 4. The monoisotopic (exact) mass is 1030 g/mol. The summed E-state index contributed by atoms with van der Waals surface area (Å²) in [5.41, 5.74) is 16.7. The molecule has 5 amide bonds. The molecule has 0 aliphatic carbocycles. The number of anilines is 6. The number of nitrogen functional groups attached to an aromatic ring is 1. The van der Waals surface area contributed by atoms with E-state index in [-0.39, 0.29) is 36.0 Å². The maximum Gasteiger partial charge on any atom is 0.303 e. The van der Waals surface area contributed by atoms with Gasteiger partial charge in [0.2, 0.25) is 5.91 Å². The minimum Gasteiger partial charge on any atom is -0.481 e. The van der Waals surface area contributed by atoms with Gasteiger partial charge in [0.05, 0.1) is 36.2 Å². The van der Waals surface area contributed by atoms with Crippen molar-refractivity contribution in [1.82, 2.24) is 19.9 Å². The summed E-state index contributed by atoms with van der Waals surface area (Å²) in [6.45, 7) is 10.9. The molecule has 0 bridgehead atoms. The van der Waals surface area contributed by atoms with Gasteiger partial charge in [-0.3, -0.25) is 28.8 Å². The highest BCUT2D eigenvalue weighted by molar-refractivity contribution is 6.09. The van der Waals surface area contributed by atoms with Crippen molar-refractivity contribution in [3.63, 3.8) is 0 Å². The number of carbonyl (C=O) groups excluding carboxylic acids is 5. The van der Waals surface area contributed by atoms with E-state index in [4.69, 9.17) is 10.8 Å². The first-order chi connectivity index (χ1) is 36.9. The summed E-state index contributed by atoms with van der Waals surface area (Å²) in [4.78, 5) is 89.6. The van der Waals surface area contributed by atoms with Crippen molar-refractivity contribution in [3.8, 4) is 0 Å². The number of aromatic nitrogens is 4. The second-order valence-corrected chi connectivity index (χ2v) is 17.8. The molecule has 0 unspecified atom stereocenters. The number of carboxylic acids is 1. The van der Waals surface area contributed by atoms with Crippen molar-refractivity contribution in [2.45, 2.75) is 67.2 Å². The molecule has 17 heteroatoms. The number of hydrogen-bond donors (Lipinski definition) is 7.